The molecular weight excluding hydrogens is 364 g/mol. The van der Waals surface area contributed by atoms with Gasteiger partial charge in [-0.05, 0) is 73.7 Å². The van der Waals surface area contributed by atoms with Gasteiger partial charge in [-0.1, -0.05) is 19.1 Å². The first-order valence-corrected chi connectivity index (χ1v) is 11.7. The molecule has 0 heterocycles. The van der Waals surface area contributed by atoms with Gasteiger partial charge in [-0.15, -0.1) is 0 Å². The summed E-state index contributed by atoms with van der Waals surface area (Å²) in [5.74, 6) is 2.21. The van der Waals surface area contributed by atoms with Crippen molar-refractivity contribution in [2.24, 2.45) is 23.2 Å². The van der Waals surface area contributed by atoms with E-state index in [2.05, 4.69) is 11.6 Å². The van der Waals surface area contributed by atoms with Crippen LogP contribution in [0.3, 0.4) is 0 Å². The van der Waals surface area contributed by atoms with E-state index in [1.54, 1.807) is 0 Å². The van der Waals surface area contributed by atoms with Crippen molar-refractivity contribution in [3.8, 4) is 0 Å². The van der Waals surface area contributed by atoms with Gasteiger partial charge in [0.05, 0.1) is 10.7 Å². The minimum Gasteiger partial charge on any atom is -0.258 e. The summed E-state index contributed by atoms with van der Waals surface area (Å²) in [6.45, 7) is 2.08. The molecule has 0 saturated heterocycles. The quantitative estimate of drug-likeness (QED) is 0.561. The standard InChI is InChI=1S/C20H28N2O4S/c1-2-19(20-10-15-7-16(11-20)9-17(8-15)12-20)21-27(25,26)13-14-3-5-18(6-4-14)22(23)24/h3-6,15-17,19,21H,2,7-13H2,1H3/t15?,16?,17?,19-,20?/m1/s1. The Bertz CT molecular complexity index is 784. The maximum absolute atomic E-state index is 12.8. The second-order valence-corrected chi connectivity index (χ2v) is 10.8. The normalized spacial score (nSPS) is 33.1. The van der Waals surface area contributed by atoms with E-state index in [4.69, 9.17) is 0 Å². The lowest BCUT2D eigenvalue weighted by Crippen LogP contribution is -2.56. The molecule has 27 heavy (non-hydrogen) atoms. The summed E-state index contributed by atoms with van der Waals surface area (Å²) >= 11 is 0. The summed E-state index contributed by atoms with van der Waals surface area (Å²) < 4.78 is 28.7. The number of benzene rings is 1. The second kappa shape index (κ2) is 6.85. The zero-order chi connectivity index (χ0) is 19.2. The zero-order valence-electron chi connectivity index (χ0n) is 15.8. The Hall–Kier alpha value is -1.47. The number of rotatable bonds is 7. The van der Waals surface area contributed by atoms with Crippen LogP contribution in [0, 0.1) is 33.3 Å². The van der Waals surface area contributed by atoms with Crippen molar-refractivity contribution in [3.05, 3.63) is 39.9 Å². The minimum atomic E-state index is -3.49. The lowest BCUT2D eigenvalue weighted by Gasteiger charge is -2.59. The Balaban J connectivity index is 1.48. The van der Waals surface area contributed by atoms with E-state index >= 15 is 0 Å². The third-order valence-electron chi connectivity index (χ3n) is 7.06. The van der Waals surface area contributed by atoms with Crippen LogP contribution in [0.2, 0.25) is 0 Å². The van der Waals surface area contributed by atoms with Crippen LogP contribution in [0.15, 0.2) is 24.3 Å². The number of nitrogens with zero attached hydrogens (tertiary/aromatic N) is 1. The summed E-state index contributed by atoms with van der Waals surface area (Å²) in [7, 11) is -3.49. The van der Waals surface area contributed by atoms with Crippen molar-refractivity contribution in [2.45, 2.75) is 63.7 Å². The topological polar surface area (TPSA) is 89.3 Å². The first kappa shape index (κ1) is 18.9. The summed E-state index contributed by atoms with van der Waals surface area (Å²) in [5, 5.41) is 10.8. The Labute approximate surface area is 160 Å². The van der Waals surface area contributed by atoms with Gasteiger partial charge >= 0.3 is 0 Å². The highest BCUT2D eigenvalue weighted by Crippen LogP contribution is 2.61. The first-order valence-electron chi connectivity index (χ1n) is 10.0. The van der Waals surface area contributed by atoms with Crippen LogP contribution in [-0.4, -0.2) is 19.4 Å². The van der Waals surface area contributed by atoms with Crippen LogP contribution in [0.1, 0.15) is 57.4 Å². The predicted molar refractivity (Wildman–Crippen MR) is 104 cm³/mol. The van der Waals surface area contributed by atoms with Gasteiger partial charge in [-0.25, -0.2) is 13.1 Å². The van der Waals surface area contributed by atoms with Crippen molar-refractivity contribution in [2.75, 3.05) is 0 Å². The number of hydrogen-bond donors (Lipinski definition) is 1. The highest BCUT2D eigenvalue weighted by molar-refractivity contribution is 7.88. The molecule has 4 aliphatic rings. The summed E-state index contributed by atoms with van der Waals surface area (Å²) in [6, 6.07) is 5.78. The van der Waals surface area contributed by atoms with E-state index in [0.29, 0.717) is 5.56 Å². The lowest BCUT2D eigenvalue weighted by molar-refractivity contribution is -0.384. The fourth-order valence-electron chi connectivity index (χ4n) is 6.44. The van der Waals surface area contributed by atoms with Crippen LogP contribution < -0.4 is 4.72 Å². The molecule has 6 nitrogen and oxygen atoms in total. The van der Waals surface area contributed by atoms with E-state index in [0.717, 1.165) is 24.2 Å². The largest absolute Gasteiger partial charge is 0.269 e. The smallest absolute Gasteiger partial charge is 0.258 e. The monoisotopic (exact) mass is 392 g/mol. The van der Waals surface area contributed by atoms with E-state index < -0.39 is 14.9 Å². The van der Waals surface area contributed by atoms with Gasteiger partial charge in [0.25, 0.3) is 5.69 Å². The van der Waals surface area contributed by atoms with Crippen molar-refractivity contribution in [1.82, 2.24) is 4.72 Å². The molecule has 7 heteroatoms. The number of nitrogens with one attached hydrogen (secondary N) is 1. The van der Waals surface area contributed by atoms with Gasteiger partial charge in [-0.3, -0.25) is 10.1 Å². The van der Waals surface area contributed by atoms with E-state index in [1.165, 1.54) is 62.8 Å². The number of nitro benzene ring substituents is 1. The number of sulfonamides is 1. The molecule has 0 radical (unpaired) electrons. The molecule has 0 aliphatic heterocycles. The maximum atomic E-state index is 12.8. The molecule has 4 saturated carbocycles. The summed E-state index contributed by atoms with van der Waals surface area (Å²) in [5.41, 5.74) is 0.684. The molecular formula is C20H28N2O4S. The molecule has 1 N–H and O–H groups in total. The molecule has 148 valence electrons. The Morgan fingerprint density at radius 1 is 1.11 bits per heavy atom. The van der Waals surface area contributed by atoms with Gasteiger partial charge in [0, 0.05) is 18.2 Å². The summed E-state index contributed by atoms with van der Waals surface area (Å²) in [6.07, 6.45) is 8.32. The van der Waals surface area contributed by atoms with E-state index in [1.807, 2.05) is 0 Å². The molecule has 4 bridgehead atoms. The van der Waals surface area contributed by atoms with Crippen molar-refractivity contribution in [3.63, 3.8) is 0 Å². The molecule has 5 rings (SSSR count). The van der Waals surface area contributed by atoms with Crippen LogP contribution in [0.4, 0.5) is 5.69 Å². The van der Waals surface area contributed by atoms with Gasteiger partial charge < -0.3 is 0 Å². The molecule has 0 spiro atoms. The van der Waals surface area contributed by atoms with E-state index in [-0.39, 0.29) is 22.9 Å². The van der Waals surface area contributed by atoms with Gasteiger partial charge in [-0.2, -0.15) is 0 Å². The maximum Gasteiger partial charge on any atom is 0.269 e. The molecule has 1 atom stereocenters. The molecule has 0 aromatic heterocycles. The van der Waals surface area contributed by atoms with Crippen molar-refractivity contribution in [1.29, 1.82) is 0 Å². The number of non-ortho nitro benzene ring substituents is 1. The van der Waals surface area contributed by atoms with Crippen LogP contribution in [0.5, 0.6) is 0 Å². The fourth-order valence-corrected chi connectivity index (χ4v) is 8.00. The van der Waals surface area contributed by atoms with Gasteiger partial charge in [0.1, 0.15) is 0 Å². The Kier molecular flexibility index (Phi) is 4.79. The van der Waals surface area contributed by atoms with Crippen LogP contribution in [-0.2, 0) is 15.8 Å². The first-order chi connectivity index (χ1) is 12.8. The van der Waals surface area contributed by atoms with Crippen LogP contribution in [0.25, 0.3) is 0 Å². The third-order valence-corrected chi connectivity index (χ3v) is 8.42. The Morgan fingerprint density at radius 2 is 1.63 bits per heavy atom. The van der Waals surface area contributed by atoms with Crippen molar-refractivity contribution >= 4 is 15.7 Å². The molecule has 1 aromatic rings. The third kappa shape index (κ3) is 3.76. The highest BCUT2D eigenvalue weighted by Gasteiger charge is 2.54. The minimum absolute atomic E-state index is 0.00560. The predicted octanol–water partition coefficient (Wildman–Crippen LogP) is 4.01. The second-order valence-electron chi connectivity index (χ2n) is 9.04. The fraction of sp³-hybridized carbons (Fsp3) is 0.700. The average molecular weight is 393 g/mol. The molecule has 0 unspecified atom stereocenters. The SMILES string of the molecule is CC[C@@H](NS(=O)(=O)Cc1ccc([N+](=O)[O-])cc1)C12CC3CC(CC(C3)C1)C2. The molecule has 4 aliphatic carbocycles. The van der Waals surface area contributed by atoms with Crippen LogP contribution >= 0.6 is 0 Å². The van der Waals surface area contributed by atoms with Crippen molar-refractivity contribution < 1.29 is 13.3 Å². The average Bonchev–Trinajstić information content (AvgIpc) is 2.58. The lowest BCUT2D eigenvalue weighted by atomic mass is 9.47. The summed E-state index contributed by atoms with van der Waals surface area (Å²) in [4.78, 5) is 10.3. The van der Waals surface area contributed by atoms with Gasteiger partial charge in [0.2, 0.25) is 10.0 Å². The van der Waals surface area contributed by atoms with Gasteiger partial charge in [0.15, 0.2) is 0 Å². The number of hydrogen-bond acceptors (Lipinski definition) is 4. The molecule has 4 fully saturated rings. The molecule has 1 aromatic carbocycles. The zero-order valence-corrected chi connectivity index (χ0v) is 16.6. The number of nitro groups is 1. The Morgan fingerprint density at radius 3 is 2.07 bits per heavy atom. The molecule has 0 amide bonds. The highest BCUT2D eigenvalue weighted by atomic mass is 32.2. The van der Waals surface area contributed by atoms with E-state index in [9.17, 15) is 18.5 Å².